The van der Waals surface area contributed by atoms with Crippen molar-refractivity contribution in [3.8, 4) is 5.75 Å². The molecule has 0 saturated carbocycles. The van der Waals surface area contributed by atoms with Gasteiger partial charge in [0.2, 0.25) is 0 Å². The molecule has 0 spiro atoms. The summed E-state index contributed by atoms with van der Waals surface area (Å²) in [6.45, 7) is 1.07. The lowest BCUT2D eigenvalue weighted by Gasteiger charge is -2.27. The van der Waals surface area contributed by atoms with Crippen LogP contribution in [0.3, 0.4) is 0 Å². The fourth-order valence-electron chi connectivity index (χ4n) is 1.98. The molecule has 2 heterocycles. The molecule has 0 aliphatic carbocycles. The molecule has 0 atom stereocenters. The normalized spacial score (nSPS) is 14.9. The van der Waals surface area contributed by atoms with E-state index in [2.05, 4.69) is 15.3 Å². The average molecular weight is 294 g/mol. The topological polar surface area (TPSA) is 73.3 Å². The standard InChI is InChI=1S/C13H12ClN3O3/c1-19-11-3-10-8(12(14)16-6-15-10)2-9(11)13(18)17-7-4-20-5-7/h2-3,6-7H,4-5H2,1H3,(H,17,18). The molecule has 1 N–H and O–H groups in total. The van der Waals surface area contributed by atoms with Crippen LogP contribution in [0.2, 0.25) is 5.15 Å². The second kappa shape index (κ2) is 5.22. The monoisotopic (exact) mass is 293 g/mol. The molecular weight excluding hydrogens is 282 g/mol. The Kier molecular flexibility index (Phi) is 3.42. The fraction of sp³-hybridized carbons (Fsp3) is 0.308. The zero-order valence-electron chi connectivity index (χ0n) is 10.7. The van der Waals surface area contributed by atoms with Crippen LogP contribution in [0.5, 0.6) is 5.75 Å². The van der Waals surface area contributed by atoms with Gasteiger partial charge in [0.1, 0.15) is 17.2 Å². The van der Waals surface area contributed by atoms with Crippen LogP contribution in [0.25, 0.3) is 10.9 Å². The number of hydrogen-bond donors (Lipinski definition) is 1. The first-order chi connectivity index (χ1) is 9.69. The number of benzene rings is 1. The zero-order chi connectivity index (χ0) is 14.1. The van der Waals surface area contributed by atoms with Gasteiger partial charge < -0.3 is 14.8 Å². The van der Waals surface area contributed by atoms with E-state index >= 15 is 0 Å². The van der Waals surface area contributed by atoms with E-state index in [1.165, 1.54) is 13.4 Å². The van der Waals surface area contributed by atoms with Crippen molar-refractivity contribution >= 4 is 28.4 Å². The number of aromatic nitrogens is 2. The maximum absolute atomic E-state index is 12.3. The largest absolute Gasteiger partial charge is 0.496 e. The third-order valence-electron chi connectivity index (χ3n) is 3.13. The molecule has 0 bridgehead atoms. The number of carbonyl (C=O) groups excluding carboxylic acids is 1. The number of ether oxygens (including phenoxy) is 2. The highest BCUT2D eigenvalue weighted by Crippen LogP contribution is 2.28. The lowest BCUT2D eigenvalue weighted by Crippen LogP contribution is -2.48. The maximum atomic E-state index is 12.3. The van der Waals surface area contributed by atoms with Gasteiger partial charge in [-0.1, -0.05) is 11.6 Å². The van der Waals surface area contributed by atoms with Gasteiger partial charge in [0.25, 0.3) is 5.91 Å². The molecule has 6 nitrogen and oxygen atoms in total. The number of nitrogens with one attached hydrogen (secondary N) is 1. The summed E-state index contributed by atoms with van der Waals surface area (Å²) in [5, 5.41) is 3.78. The van der Waals surface area contributed by atoms with Crippen LogP contribution in [-0.4, -0.2) is 42.2 Å². The lowest BCUT2D eigenvalue weighted by molar-refractivity contribution is -0.00350. The first-order valence-electron chi connectivity index (χ1n) is 6.06. The molecule has 1 fully saturated rings. The van der Waals surface area contributed by atoms with Crippen LogP contribution >= 0.6 is 11.6 Å². The molecule has 3 rings (SSSR count). The number of nitrogens with zero attached hydrogens (tertiary/aromatic N) is 2. The Morgan fingerprint density at radius 2 is 2.25 bits per heavy atom. The van der Waals surface area contributed by atoms with E-state index in [4.69, 9.17) is 21.1 Å². The average Bonchev–Trinajstić information content (AvgIpc) is 2.41. The third-order valence-corrected chi connectivity index (χ3v) is 3.43. The molecule has 104 valence electrons. The molecule has 1 aliphatic rings. The van der Waals surface area contributed by atoms with Gasteiger partial charge >= 0.3 is 0 Å². The first-order valence-corrected chi connectivity index (χ1v) is 6.43. The molecule has 7 heteroatoms. The van der Waals surface area contributed by atoms with Gasteiger partial charge in [0.15, 0.2) is 0 Å². The van der Waals surface area contributed by atoms with Gasteiger partial charge in [-0.15, -0.1) is 0 Å². The van der Waals surface area contributed by atoms with Crippen LogP contribution in [-0.2, 0) is 4.74 Å². The van der Waals surface area contributed by atoms with Crippen molar-refractivity contribution in [3.63, 3.8) is 0 Å². The van der Waals surface area contributed by atoms with Crippen LogP contribution in [0.1, 0.15) is 10.4 Å². The summed E-state index contributed by atoms with van der Waals surface area (Å²) >= 11 is 6.03. The highest BCUT2D eigenvalue weighted by atomic mass is 35.5. The van der Waals surface area contributed by atoms with E-state index in [9.17, 15) is 4.79 Å². The highest BCUT2D eigenvalue weighted by Gasteiger charge is 2.23. The summed E-state index contributed by atoms with van der Waals surface area (Å²) in [6.07, 6.45) is 1.37. The van der Waals surface area contributed by atoms with E-state index in [1.807, 2.05) is 0 Å². The Morgan fingerprint density at radius 3 is 2.90 bits per heavy atom. The van der Waals surface area contributed by atoms with Gasteiger partial charge in [-0.2, -0.15) is 0 Å². The summed E-state index contributed by atoms with van der Waals surface area (Å²) in [4.78, 5) is 20.3. The van der Waals surface area contributed by atoms with Crippen molar-refractivity contribution in [2.75, 3.05) is 20.3 Å². The van der Waals surface area contributed by atoms with Crippen LogP contribution < -0.4 is 10.1 Å². The maximum Gasteiger partial charge on any atom is 0.255 e. The van der Waals surface area contributed by atoms with Gasteiger partial charge in [0, 0.05) is 11.5 Å². The SMILES string of the molecule is COc1cc2ncnc(Cl)c2cc1C(=O)NC1COC1. The molecular formula is C13H12ClN3O3. The molecule has 1 saturated heterocycles. The number of hydrogen-bond acceptors (Lipinski definition) is 5. The van der Waals surface area contributed by atoms with E-state index in [1.54, 1.807) is 12.1 Å². The number of amides is 1. The van der Waals surface area contributed by atoms with E-state index in [0.717, 1.165) is 0 Å². The van der Waals surface area contributed by atoms with Gasteiger partial charge in [-0.3, -0.25) is 4.79 Å². The Labute approximate surface area is 120 Å². The summed E-state index contributed by atoms with van der Waals surface area (Å²) in [5.74, 6) is 0.224. The molecule has 1 aliphatic heterocycles. The van der Waals surface area contributed by atoms with E-state index in [0.29, 0.717) is 40.6 Å². The van der Waals surface area contributed by atoms with E-state index < -0.39 is 0 Å². The minimum Gasteiger partial charge on any atom is -0.496 e. The van der Waals surface area contributed by atoms with Crippen molar-refractivity contribution < 1.29 is 14.3 Å². The quantitative estimate of drug-likeness (QED) is 0.867. The lowest BCUT2D eigenvalue weighted by atomic mass is 10.1. The molecule has 0 radical (unpaired) electrons. The zero-order valence-corrected chi connectivity index (χ0v) is 11.5. The summed E-state index contributed by atoms with van der Waals surface area (Å²) < 4.78 is 10.3. The van der Waals surface area contributed by atoms with Crippen LogP contribution in [0.15, 0.2) is 18.5 Å². The van der Waals surface area contributed by atoms with Crippen LogP contribution in [0.4, 0.5) is 0 Å². The van der Waals surface area contributed by atoms with Crippen LogP contribution in [0, 0.1) is 0 Å². The predicted octanol–water partition coefficient (Wildman–Crippen LogP) is 1.42. The minimum absolute atomic E-state index is 0.0467. The summed E-state index contributed by atoms with van der Waals surface area (Å²) in [6, 6.07) is 3.37. The van der Waals surface area contributed by atoms with Crippen molar-refractivity contribution in [3.05, 3.63) is 29.2 Å². The van der Waals surface area contributed by atoms with Crippen molar-refractivity contribution in [1.29, 1.82) is 0 Å². The molecule has 20 heavy (non-hydrogen) atoms. The predicted molar refractivity (Wildman–Crippen MR) is 73.2 cm³/mol. The second-order valence-electron chi connectivity index (χ2n) is 4.44. The first kappa shape index (κ1) is 13.1. The number of carbonyl (C=O) groups is 1. The third kappa shape index (κ3) is 2.28. The van der Waals surface area contributed by atoms with Gasteiger partial charge in [0.05, 0.1) is 37.4 Å². The minimum atomic E-state index is -0.225. The number of methoxy groups -OCH3 is 1. The second-order valence-corrected chi connectivity index (χ2v) is 4.80. The molecule has 1 aromatic carbocycles. The molecule has 0 unspecified atom stereocenters. The highest BCUT2D eigenvalue weighted by molar-refractivity contribution is 6.34. The van der Waals surface area contributed by atoms with Gasteiger partial charge in [-0.05, 0) is 6.07 Å². The molecule has 2 aromatic rings. The number of rotatable bonds is 3. The van der Waals surface area contributed by atoms with Crippen molar-refractivity contribution in [2.24, 2.45) is 0 Å². The Balaban J connectivity index is 2.03. The number of fused-ring (bicyclic) bond motifs is 1. The number of halogens is 1. The fourth-order valence-corrected chi connectivity index (χ4v) is 2.18. The molecule has 1 amide bonds. The summed E-state index contributed by atoms with van der Waals surface area (Å²) in [5.41, 5.74) is 1.04. The van der Waals surface area contributed by atoms with Gasteiger partial charge in [-0.25, -0.2) is 9.97 Å². The summed E-state index contributed by atoms with van der Waals surface area (Å²) in [7, 11) is 1.51. The van der Waals surface area contributed by atoms with Crippen molar-refractivity contribution in [1.82, 2.24) is 15.3 Å². The Hall–Kier alpha value is -1.92. The van der Waals surface area contributed by atoms with E-state index in [-0.39, 0.29) is 11.9 Å². The molecule has 1 aromatic heterocycles. The smallest absolute Gasteiger partial charge is 0.255 e. The Morgan fingerprint density at radius 1 is 1.45 bits per heavy atom. The Bertz CT molecular complexity index is 673. The van der Waals surface area contributed by atoms with Crippen molar-refractivity contribution in [2.45, 2.75) is 6.04 Å².